The number of aromatic amines is 1. The summed E-state index contributed by atoms with van der Waals surface area (Å²) in [6, 6.07) is 6.66. The number of nitrogens with one attached hydrogen (secondary N) is 1. The van der Waals surface area contributed by atoms with E-state index in [4.69, 9.17) is 9.47 Å². The van der Waals surface area contributed by atoms with Gasteiger partial charge in [-0.05, 0) is 45.0 Å². The highest BCUT2D eigenvalue weighted by Gasteiger charge is 2.28. The van der Waals surface area contributed by atoms with E-state index in [0.717, 1.165) is 0 Å². The van der Waals surface area contributed by atoms with E-state index >= 15 is 0 Å². The van der Waals surface area contributed by atoms with Gasteiger partial charge in [0.1, 0.15) is 23.0 Å². The van der Waals surface area contributed by atoms with Crippen molar-refractivity contribution < 1.29 is 22.7 Å². The van der Waals surface area contributed by atoms with Gasteiger partial charge in [0.2, 0.25) is 0 Å². The molecule has 2 aromatic heterocycles. The van der Waals surface area contributed by atoms with Crippen LogP contribution in [0.25, 0.3) is 22.0 Å². The highest BCUT2D eigenvalue weighted by atomic mass is 32.2. The number of fused-ring (bicyclic) bond motifs is 1. The molecule has 36 heavy (non-hydrogen) atoms. The fraction of sp³-hybridized carbons (Fsp3) is 0.462. The average molecular weight is 516 g/mol. The van der Waals surface area contributed by atoms with Crippen molar-refractivity contribution in [3.63, 3.8) is 0 Å². The van der Waals surface area contributed by atoms with E-state index in [1.54, 1.807) is 55.5 Å². The Hall–Kier alpha value is -3.27. The van der Waals surface area contributed by atoms with Crippen LogP contribution in [0.2, 0.25) is 0 Å². The van der Waals surface area contributed by atoms with Gasteiger partial charge in [0, 0.05) is 61.9 Å². The van der Waals surface area contributed by atoms with E-state index in [1.165, 1.54) is 4.57 Å². The van der Waals surface area contributed by atoms with E-state index in [0.29, 0.717) is 53.7 Å². The summed E-state index contributed by atoms with van der Waals surface area (Å²) in [7, 11) is -1.80. The van der Waals surface area contributed by atoms with Crippen LogP contribution in [0.1, 0.15) is 40.5 Å². The first-order valence-corrected chi connectivity index (χ1v) is 13.7. The van der Waals surface area contributed by atoms with Gasteiger partial charge in [-0.25, -0.2) is 13.2 Å². The third kappa shape index (κ3) is 5.28. The molecule has 0 radical (unpaired) electrons. The maximum atomic E-state index is 12.7. The summed E-state index contributed by atoms with van der Waals surface area (Å²) in [5, 5.41) is 0.689. The molecule has 0 atom stereocenters. The number of carbonyl (C=O) groups is 1. The monoisotopic (exact) mass is 515 g/mol. The Labute approximate surface area is 210 Å². The molecule has 1 amide bonds. The van der Waals surface area contributed by atoms with Gasteiger partial charge >= 0.3 is 6.09 Å². The molecule has 1 aromatic carbocycles. The lowest BCUT2D eigenvalue weighted by molar-refractivity contribution is 0.0127. The van der Waals surface area contributed by atoms with Gasteiger partial charge in [0.25, 0.3) is 5.56 Å². The van der Waals surface area contributed by atoms with Crippen LogP contribution in [0.5, 0.6) is 5.75 Å². The van der Waals surface area contributed by atoms with Gasteiger partial charge in [-0.1, -0.05) is 6.92 Å². The lowest BCUT2D eigenvalue weighted by Crippen LogP contribution is -2.44. The largest absolute Gasteiger partial charge is 0.490 e. The van der Waals surface area contributed by atoms with Crippen LogP contribution >= 0.6 is 0 Å². The Kier molecular flexibility index (Phi) is 6.92. The summed E-state index contributed by atoms with van der Waals surface area (Å²) in [6.45, 7) is 8.12. The van der Waals surface area contributed by atoms with E-state index in [2.05, 4.69) is 4.98 Å². The molecule has 1 saturated heterocycles. The molecule has 0 unspecified atom stereocenters. The van der Waals surface area contributed by atoms with Crippen molar-refractivity contribution in [3.05, 3.63) is 47.0 Å². The van der Waals surface area contributed by atoms with Gasteiger partial charge in [-0.15, -0.1) is 0 Å². The number of aryl methyl sites for hydroxylation is 1. The minimum Gasteiger partial charge on any atom is -0.490 e. The van der Waals surface area contributed by atoms with Gasteiger partial charge in [0.15, 0.2) is 9.84 Å². The molecule has 3 heterocycles. The molecule has 0 spiro atoms. The maximum absolute atomic E-state index is 12.7. The molecule has 10 heteroatoms. The standard InChI is InChI=1S/C26H33N3O6S/c1-6-36(32,33)18-7-8-22(34-17-10-13-29(14-11-17)25(31)35-26(2,3)4)20(15-18)21-16-28(5)24(30)23-19(21)9-12-27-23/h7-9,12,15-17,27H,6,10-11,13-14H2,1-5H3. The summed E-state index contributed by atoms with van der Waals surface area (Å²) < 4.78 is 38.7. The molecular weight excluding hydrogens is 482 g/mol. The molecule has 4 rings (SSSR count). The highest BCUT2D eigenvalue weighted by molar-refractivity contribution is 7.91. The van der Waals surface area contributed by atoms with Crippen LogP contribution in [0.3, 0.4) is 0 Å². The van der Waals surface area contributed by atoms with Crippen molar-refractivity contribution >= 4 is 26.8 Å². The summed E-state index contributed by atoms with van der Waals surface area (Å²) in [5.74, 6) is 0.504. The van der Waals surface area contributed by atoms with Crippen LogP contribution in [0.15, 0.2) is 46.3 Å². The van der Waals surface area contributed by atoms with Crippen LogP contribution in [-0.4, -0.2) is 59.5 Å². The Morgan fingerprint density at radius 1 is 1.14 bits per heavy atom. The second-order valence-corrected chi connectivity index (χ2v) is 12.3. The topological polar surface area (TPSA) is 111 Å². The molecule has 1 fully saturated rings. The third-order valence-electron chi connectivity index (χ3n) is 6.26. The maximum Gasteiger partial charge on any atom is 0.410 e. The smallest absolute Gasteiger partial charge is 0.410 e. The number of aromatic nitrogens is 2. The van der Waals surface area contributed by atoms with Gasteiger partial charge in [-0.3, -0.25) is 4.79 Å². The number of hydrogen-bond donors (Lipinski definition) is 1. The third-order valence-corrected chi connectivity index (χ3v) is 7.99. The number of pyridine rings is 1. The van der Waals surface area contributed by atoms with E-state index in [-0.39, 0.29) is 28.4 Å². The molecule has 1 aliphatic heterocycles. The lowest BCUT2D eigenvalue weighted by Gasteiger charge is -2.33. The quantitative estimate of drug-likeness (QED) is 0.548. The molecule has 3 aromatic rings. The average Bonchev–Trinajstić information content (AvgIpc) is 3.31. The van der Waals surface area contributed by atoms with E-state index in [9.17, 15) is 18.0 Å². The number of amides is 1. The molecule has 0 aliphatic carbocycles. The number of benzene rings is 1. The molecule has 1 aliphatic rings. The summed E-state index contributed by atoms with van der Waals surface area (Å²) in [5.41, 5.74) is 1.00. The van der Waals surface area contributed by atoms with Crippen molar-refractivity contribution in [1.29, 1.82) is 0 Å². The number of sulfone groups is 1. The number of H-pyrrole nitrogens is 1. The van der Waals surface area contributed by atoms with E-state index < -0.39 is 15.4 Å². The number of nitrogens with zero attached hydrogens (tertiary/aromatic N) is 2. The predicted octanol–water partition coefficient (Wildman–Crippen LogP) is 4.11. The minimum absolute atomic E-state index is 0.0252. The van der Waals surface area contributed by atoms with E-state index in [1.807, 2.05) is 20.8 Å². The second kappa shape index (κ2) is 9.65. The van der Waals surface area contributed by atoms with Crippen molar-refractivity contribution in [3.8, 4) is 16.9 Å². The molecule has 0 bridgehead atoms. The lowest BCUT2D eigenvalue weighted by atomic mass is 10.0. The molecule has 9 nitrogen and oxygen atoms in total. The van der Waals surface area contributed by atoms with Crippen molar-refractivity contribution in [2.45, 2.75) is 57.1 Å². The first-order valence-electron chi connectivity index (χ1n) is 12.1. The fourth-order valence-corrected chi connectivity index (χ4v) is 5.23. The first kappa shape index (κ1) is 25.8. The van der Waals surface area contributed by atoms with Crippen molar-refractivity contribution in [1.82, 2.24) is 14.5 Å². The summed E-state index contributed by atoms with van der Waals surface area (Å²) in [4.78, 5) is 29.9. The molecular formula is C26H33N3O6S. The van der Waals surface area contributed by atoms with Crippen LogP contribution < -0.4 is 10.3 Å². The van der Waals surface area contributed by atoms with Crippen LogP contribution in [0.4, 0.5) is 4.79 Å². The summed E-state index contributed by atoms with van der Waals surface area (Å²) in [6.07, 6.45) is 4.12. The Morgan fingerprint density at radius 2 is 1.83 bits per heavy atom. The number of hydrogen-bond acceptors (Lipinski definition) is 6. The van der Waals surface area contributed by atoms with Gasteiger partial charge < -0.3 is 23.9 Å². The van der Waals surface area contributed by atoms with Gasteiger partial charge in [0.05, 0.1) is 10.6 Å². The number of carbonyl (C=O) groups excluding carboxylic acids is 1. The zero-order valence-corrected chi connectivity index (χ0v) is 22.1. The molecule has 0 saturated carbocycles. The molecule has 1 N–H and O–H groups in total. The van der Waals surface area contributed by atoms with Crippen molar-refractivity contribution in [2.75, 3.05) is 18.8 Å². The number of rotatable bonds is 5. The Morgan fingerprint density at radius 3 is 2.47 bits per heavy atom. The Bertz CT molecular complexity index is 1440. The molecule has 194 valence electrons. The number of likely N-dealkylation sites (tertiary alicyclic amines) is 1. The highest BCUT2D eigenvalue weighted by Crippen LogP contribution is 2.37. The summed E-state index contributed by atoms with van der Waals surface area (Å²) >= 11 is 0. The fourth-order valence-electron chi connectivity index (χ4n) is 4.33. The number of piperidine rings is 1. The van der Waals surface area contributed by atoms with Gasteiger partial charge in [-0.2, -0.15) is 0 Å². The normalized spacial score (nSPS) is 15.3. The van der Waals surface area contributed by atoms with Crippen LogP contribution in [-0.2, 0) is 21.6 Å². The van der Waals surface area contributed by atoms with Crippen molar-refractivity contribution in [2.24, 2.45) is 7.05 Å². The zero-order chi connectivity index (χ0) is 26.3. The first-order chi connectivity index (χ1) is 16.9. The van der Waals surface area contributed by atoms with Crippen LogP contribution in [0, 0.1) is 0 Å². The SMILES string of the molecule is CCS(=O)(=O)c1ccc(OC2CCN(C(=O)OC(C)(C)C)CC2)c(-c2cn(C)c(=O)c3[nH]ccc23)c1. The predicted molar refractivity (Wildman–Crippen MR) is 138 cm³/mol. The zero-order valence-electron chi connectivity index (χ0n) is 21.3. The second-order valence-electron chi connectivity index (χ2n) is 10.1. The minimum atomic E-state index is -3.46. The Balaban J connectivity index is 1.67. The number of ether oxygens (including phenoxy) is 2.